The zero-order valence-electron chi connectivity index (χ0n) is 9.90. The summed E-state index contributed by atoms with van der Waals surface area (Å²) in [7, 11) is -3.47. The highest BCUT2D eigenvalue weighted by atomic mass is 32.2. The summed E-state index contributed by atoms with van der Waals surface area (Å²) in [4.78, 5) is 0. The molecule has 1 aromatic rings. The molecule has 0 bridgehead atoms. The van der Waals surface area contributed by atoms with E-state index in [4.69, 9.17) is 0 Å². The van der Waals surface area contributed by atoms with Crippen molar-refractivity contribution in [2.45, 2.75) is 13.0 Å². The van der Waals surface area contributed by atoms with Gasteiger partial charge in [-0.2, -0.15) is 0 Å². The fourth-order valence-corrected chi connectivity index (χ4v) is 2.47. The third-order valence-electron chi connectivity index (χ3n) is 2.15. The molecule has 0 spiro atoms. The largest absolute Gasteiger partial charge is 0.377 e. The predicted molar refractivity (Wildman–Crippen MR) is 59.0 cm³/mol. The van der Waals surface area contributed by atoms with E-state index in [0.29, 0.717) is 0 Å². The van der Waals surface area contributed by atoms with Crippen molar-refractivity contribution in [2.24, 2.45) is 0 Å². The van der Waals surface area contributed by atoms with Crippen LogP contribution in [0.2, 0.25) is 0 Å². The van der Waals surface area contributed by atoms with Crippen LogP contribution in [0.3, 0.4) is 0 Å². The van der Waals surface area contributed by atoms with Gasteiger partial charge in [0.15, 0.2) is 23.3 Å². The average Bonchev–Trinajstić information content (AvgIpc) is 2.27. The van der Waals surface area contributed by atoms with Gasteiger partial charge in [0, 0.05) is 12.3 Å². The molecular formula is C10H10F5NO2S. The summed E-state index contributed by atoms with van der Waals surface area (Å²) in [6.45, 7) is 1.24. The number of hydrogen-bond acceptors (Lipinski definition) is 3. The van der Waals surface area contributed by atoms with Crippen molar-refractivity contribution in [3.8, 4) is 0 Å². The minimum absolute atomic E-state index is 0.521. The Morgan fingerprint density at radius 3 is 1.68 bits per heavy atom. The molecule has 1 aromatic carbocycles. The van der Waals surface area contributed by atoms with Crippen molar-refractivity contribution in [2.75, 3.05) is 17.3 Å². The molecule has 9 heteroatoms. The van der Waals surface area contributed by atoms with E-state index in [1.807, 2.05) is 5.32 Å². The fraction of sp³-hybridized carbons (Fsp3) is 0.400. The van der Waals surface area contributed by atoms with Crippen LogP contribution in [0, 0.1) is 29.1 Å². The highest BCUT2D eigenvalue weighted by Crippen LogP contribution is 2.27. The van der Waals surface area contributed by atoms with E-state index in [-0.39, 0.29) is 0 Å². The van der Waals surface area contributed by atoms with E-state index in [2.05, 4.69) is 0 Å². The first-order valence-electron chi connectivity index (χ1n) is 5.00. The highest BCUT2D eigenvalue weighted by Gasteiger charge is 2.26. The molecule has 0 aliphatic rings. The second kappa shape index (κ2) is 5.32. The summed E-state index contributed by atoms with van der Waals surface area (Å²) in [5.41, 5.74) is -1.24. The van der Waals surface area contributed by atoms with Crippen LogP contribution in [-0.4, -0.2) is 26.5 Å². The predicted octanol–water partition coefficient (Wildman–Crippen LogP) is 2.23. The zero-order valence-corrected chi connectivity index (χ0v) is 10.7. The van der Waals surface area contributed by atoms with Gasteiger partial charge in [-0.25, -0.2) is 30.4 Å². The lowest BCUT2D eigenvalue weighted by atomic mass is 10.2. The first-order valence-corrected chi connectivity index (χ1v) is 7.06. The number of hydrogen-bond donors (Lipinski definition) is 1. The monoisotopic (exact) mass is 303 g/mol. The Morgan fingerprint density at radius 1 is 0.947 bits per heavy atom. The second-order valence-electron chi connectivity index (χ2n) is 4.08. The van der Waals surface area contributed by atoms with Crippen molar-refractivity contribution >= 4 is 15.5 Å². The maximum Gasteiger partial charge on any atom is 0.200 e. The Hall–Kier alpha value is -1.38. The van der Waals surface area contributed by atoms with E-state index in [1.54, 1.807) is 0 Å². The SMILES string of the molecule is CC(CS(C)(=O)=O)Nc1c(F)c(F)c(F)c(F)c1F. The van der Waals surface area contributed by atoms with E-state index in [1.165, 1.54) is 6.92 Å². The van der Waals surface area contributed by atoms with Crippen LogP contribution in [-0.2, 0) is 9.84 Å². The van der Waals surface area contributed by atoms with E-state index < -0.39 is 56.4 Å². The third-order valence-corrected chi connectivity index (χ3v) is 3.26. The smallest absolute Gasteiger partial charge is 0.200 e. The van der Waals surface area contributed by atoms with Crippen LogP contribution in [0.1, 0.15) is 6.92 Å². The Kier molecular flexibility index (Phi) is 4.39. The van der Waals surface area contributed by atoms with Gasteiger partial charge in [0.25, 0.3) is 0 Å². The molecule has 1 rings (SSSR count). The number of rotatable bonds is 4. The fourth-order valence-electron chi connectivity index (χ4n) is 1.47. The second-order valence-corrected chi connectivity index (χ2v) is 6.27. The first kappa shape index (κ1) is 15.7. The Labute approximate surface area is 106 Å². The van der Waals surface area contributed by atoms with E-state index in [0.717, 1.165) is 6.26 Å². The maximum absolute atomic E-state index is 13.3. The molecular weight excluding hydrogens is 293 g/mol. The van der Waals surface area contributed by atoms with Gasteiger partial charge in [-0.3, -0.25) is 0 Å². The highest BCUT2D eigenvalue weighted by molar-refractivity contribution is 7.90. The molecule has 1 N–H and O–H groups in total. The molecule has 0 saturated carbocycles. The third kappa shape index (κ3) is 3.55. The van der Waals surface area contributed by atoms with Gasteiger partial charge in [-0.1, -0.05) is 0 Å². The number of anilines is 1. The molecule has 0 aromatic heterocycles. The molecule has 19 heavy (non-hydrogen) atoms. The summed E-state index contributed by atoms with van der Waals surface area (Å²) in [5.74, 6) is -11.0. The van der Waals surface area contributed by atoms with Crippen LogP contribution in [0.25, 0.3) is 0 Å². The molecule has 3 nitrogen and oxygen atoms in total. The zero-order chi connectivity index (χ0) is 15.0. The maximum atomic E-state index is 13.3. The summed E-state index contributed by atoms with van der Waals surface area (Å²) < 4.78 is 86.9. The van der Waals surface area contributed by atoms with Crippen LogP contribution in [0.4, 0.5) is 27.6 Å². The number of sulfone groups is 1. The van der Waals surface area contributed by atoms with Gasteiger partial charge in [0.2, 0.25) is 5.82 Å². The van der Waals surface area contributed by atoms with Gasteiger partial charge in [0.1, 0.15) is 15.5 Å². The average molecular weight is 303 g/mol. The standard InChI is InChI=1S/C10H10F5NO2S/c1-4(3-19(2,17)18)16-10-8(14)6(12)5(11)7(13)9(10)15/h4,16H,3H2,1-2H3. The summed E-state index contributed by atoms with van der Waals surface area (Å²) in [5, 5.41) is 1.97. The van der Waals surface area contributed by atoms with Gasteiger partial charge >= 0.3 is 0 Å². The Morgan fingerprint density at radius 2 is 1.32 bits per heavy atom. The summed E-state index contributed by atoms with van der Waals surface area (Å²) in [6.07, 6.45) is 0.879. The summed E-state index contributed by atoms with van der Waals surface area (Å²) >= 11 is 0. The molecule has 108 valence electrons. The van der Waals surface area contributed by atoms with Gasteiger partial charge in [-0.15, -0.1) is 0 Å². The molecule has 0 aliphatic heterocycles. The Balaban J connectivity index is 3.16. The lowest BCUT2D eigenvalue weighted by Crippen LogP contribution is -2.26. The minimum atomic E-state index is -3.47. The molecule has 0 radical (unpaired) electrons. The van der Waals surface area contributed by atoms with Crippen molar-refractivity contribution in [1.82, 2.24) is 0 Å². The molecule has 0 saturated heterocycles. The van der Waals surface area contributed by atoms with Crippen LogP contribution < -0.4 is 5.32 Å². The molecule has 1 atom stereocenters. The normalized spacial score (nSPS) is 13.4. The lowest BCUT2D eigenvalue weighted by molar-refractivity contribution is 0.381. The molecule has 0 fully saturated rings. The topological polar surface area (TPSA) is 46.2 Å². The van der Waals surface area contributed by atoms with Gasteiger partial charge in [0.05, 0.1) is 5.75 Å². The van der Waals surface area contributed by atoms with Crippen LogP contribution in [0.15, 0.2) is 0 Å². The minimum Gasteiger partial charge on any atom is -0.377 e. The molecule has 0 aliphatic carbocycles. The van der Waals surface area contributed by atoms with Gasteiger partial charge in [-0.05, 0) is 6.92 Å². The van der Waals surface area contributed by atoms with Crippen molar-refractivity contribution in [3.05, 3.63) is 29.1 Å². The van der Waals surface area contributed by atoms with Crippen molar-refractivity contribution in [1.29, 1.82) is 0 Å². The van der Waals surface area contributed by atoms with E-state index >= 15 is 0 Å². The number of halogens is 5. The van der Waals surface area contributed by atoms with Crippen LogP contribution >= 0.6 is 0 Å². The summed E-state index contributed by atoms with van der Waals surface area (Å²) in [6, 6.07) is -1.02. The van der Waals surface area contributed by atoms with Gasteiger partial charge < -0.3 is 5.32 Å². The molecule has 0 heterocycles. The Bertz CT molecular complexity index is 573. The first-order chi connectivity index (χ1) is 8.54. The van der Waals surface area contributed by atoms with E-state index in [9.17, 15) is 30.4 Å². The van der Waals surface area contributed by atoms with Crippen LogP contribution in [0.5, 0.6) is 0 Å². The quantitative estimate of drug-likeness (QED) is 0.527. The lowest BCUT2D eigenvalue weighted by Gasteiger charge is -2.16. The molecule has 0 amide bonds. The number of benzene rings is 1. The molecule has 1 unspecified atom stereocenters. The number of nitrogens with one attached hydrogen (secondary N) is 1. The van der Waals surface area contributed by atoms with Crippen molar-refractivity contribution < 1.29 is 30.4 Å². The van der Waals surface area contributed by atoms with Crippen molar-refractivity contribution in [3.63, 3.8) is 0 Å².